The predicted octanol–water partition coefficient (Wildman–Crippen LogP) is 1.83. The number of para-hydroxylation sites is 1. The fourth-order valence-electron chi connectivity index (χ4n) is 2.07. The van der Waals surface area contributed by atoms with Gasteiger partial charge in [-0.25, -0.2) is 4.98 Å². The molecule has 2 heterocycles. The standard InChI is InChI=1S/C14H11N3O/c15-7-10-8-17(9-10)14(18)13-6-5-11-3-1-2-4-12(11)16-13/h1-6,10H,8-9H2. The van der Waals surface area contributed by atoms with Crippen LogP contribution in [0.3, 0.4) is 0 Å². The number of fused-ring (bicyclic) bond motifs is 1. The highest BCUT2D eigenvalue weighted by Crippen LogP contribution is 2.18. The van der Waals surface area contributed by atoms with Crippen LogP contribution in [0.15, 0.2) is 36.4 Å². The van der Waals surface area contributed by atoms with E-state index in [1.54, 1.807) is 11.0 Å². The topological polar surface area (TPSA) is 57.0 Å². The molecular formula is C14H11N3O. The summed E-state index contributed by atoms with van der Waals surface area (Å²) >= 11 is 0. The number of carbonyl (C=O) groups excluding carboxylic acids is 1. The maximum Gasteiger partial charge on any atom is 0.272 e. The van der Waals surface area contributed by atoms with E-state index in [1.807, 2.05) is 30.3 Å². The average Bonchev–Trinajstić information content (AvgIpc) is 2.37. The largest absolute Gasteiger partial charge is 0.335 e. The Morgan fingerprint density at radius 3 is 2.83 bits per heavy atom. The number of hydrogen-bond donors (Lipinski definition) is 0. The van der Waals surface area contributed by atoms with Gasteiger partial charge in [0.15, 0.2) is 0 Å². The molecule has 0 N–H and O–H groups in total. The molecule has 1 aliphatic heterocycles. The van der Waals surface area contributed by atoms with Crippen molar-refractivity contribution in [2.24, 2.45) is 5.92 Å². The third-order valence-electron chi connectivity index (χ3n) is 3.17. The molecule has 0 unspecified atom stereocenters. The minimum absolute atomic E-state index is 0.0191. The second kappa shape index (κ2) is 4.11. The molecule has 0 atom stereocenters. The monoisotopic (exact) mass is 237 g/mol. The summed E-state index contributed by atoms with van der Waals surface area (Å²) in [7, 11) is 0. The van der Waals surface area contributed by atoms with Gasteiger partial charge in [0, 0.05) is 18.5 Å². The summed E-state index contributed by atoms with van der Waals surface area (Å²) in [6.45, 7) is 1.04. The van der Waals surface area contributed by atoms with Gasteiger partial charge in [-0.2, -0.15) is 5.26 Å². The number of rotatable bonds is 1. The second-order valence-corrected chi connectivity index (χ2v) is 4.43. The number of carbonyl (C=O) groups is 1. The van der Waals surface area contributed by atoms with Crippen molar-refractivity contribution >= 4 is 16.8 Å². The first-order chi connectivity index (χ1) is 8.78. The van der Waals surface area contributed by atoms with Crippen LogP contribution >= 0.6 is 0 Å². The molecule has 3 rings (SSSR count). The summed E-state index contributed by atoms with van der Waals surface area (Å²) in [5.41, 5.74) is 1.27. The fraction of sp³-hybridized carbons (Fsp3) is 0.214. The molecule has 88 valence electrons. The third kappa shape index (κ3) is 1.70. The lowest BCUT2D eigenvalue weighted by atomic mass is 10.0. The highest BCUT2D eigenvalue weighted by Gasteiger charge is 2.31. The molecule has 1 saturated heterocycles. The van der Waals surface area contributed by atoms with Crippen molar-refractivity contribution in [3.8, 4) is 6.07 Å². The average molecular weight is 237 g/mol. The molecule has 4 nitrogen and oxygen atoms in total. The summed E-state index contributed by atoms with van der Waals surface area (Å²) < 4.78 is 0. The van der Waals surface area contributed by atoms with Crippen LogP contribution in [0.4, 0.5) is 0 Å². The lowest BCUT2D eigenvalue weighted by Crippen LogP contribution is -2.49. The van der Waals surface area contributed by atoms with Crippen molar-refractivity contribution in [3.63, 3.8) is 0 Å². The van der Waals surface area contributed by atoms with Crippen LogP contribution in [0.25, 0.3) is 10.9 Å². The SMILES string of the molecule is N#CC1CN(C(=O)c2ccc3ccccc3n2)C1. The molecule has 1 amide bonds. The Morgan fingerprint density at radius 1 is 1.28 bits per heavy atom. The first-order valence-corrected chi connectivity index (χ1v) is 5.82. The molecule has 0 spiro atoms. The predicted molar refractivity (Wildman–Crippen MR) is 66.7 cm³/mol. The van der Waals surface area contributed by atoms with Gasteiger partial charge in [-0.15, -0.1) is 0 Å². The maximum atomic E-state index is 12.1. The Morgan fingerprint density at radius 2 is 2.06 bits per heavy atom. The molecule has 1 aromatic heterocycles. The molecular weight excluding hydrogens is 226 g/mol. The summed E-state index contributed by atoms with van der Waals surface area (Å²) in [4.78, 5) is 18.1. The van der Waals surface area contributed by atoms with Crippen molar-refractivity contribution in [1.82, 2.24) is 9.88 Å². The number of benzene rings is 1. The third-order valence-corrected chi connectivity index (χ3v) is 3.17. The molecule has 1 aromatic carbocycles. The Kier molecular flexibility index (Phi) is 2.45. The number of nitrogens with zero attached hydrogens (tertiary/aromatic N) is 3. The molecule has 0 bridgehead atoms. The van der Waals surface area contributed by atoms with Gasteiger partial charge in [0.2, 0.25) is 0 Å². The minimum atomic E-state index is -0.0905. The van der Waals surface area contributed by atoms with Crippen LogP contribution in [0, 0.1) is 17.2 Å². The number of nitriles is 1. The lowest BCUT2D eigenvalue weighted by molar-refractivity contribution is 0.0571. The Balaban J connectivity index is 1.87. The normalized spacial score (nSPS) is 15.2. The summed E-state index contributed by atoms with van der Waals surface area (Å²) in [5, 5.41) is 9.71. The van der Waals surface area contributed by atoms with E-state index in [0.717, 1.165) is 10.9 Å². The number of likely N-dealkylation sites (tertiary alicyclic amines) is 1. The van der Waals surface area contributed by atoms with E-state index in [0.29, 0.717) is 18.8 Å². The van der Waals surface area contributed by atoms with Gasteiger partial charge in [0.1, 0.15) is 5.69 Å². The Bertz CT molecular complexity index is 653. The number of hydrogen-bond acceptors (Lipinski definition) is 3. The van der Waals surface area contributed by atoms with E-state index in [4.69, 9.17) is 5.26 Å². The van der Waals surface area contributed by atoms with Gasteiger partial charge in [0.05, 0.1) is 17.5 Å². The van der Waals surface area contributed by atoms with Crippen molar-refractivity contribution in [3.05, 3.63) is 42.1 Å². The highest BCUT2D eigenvalue weighted by molar-refractivity contribution is 5.95. The molecule has 1 aliphatic rings. The molecule has 18 heavy (non-hydrogen) atoms. The number of pyridine rings is 1. The van der Waals surface area contributed by atoms with E-state index >= 15 is 0 Å². The molecule has 4 heteroatoms. The first-order valence-electron chi connectivity index (χ1n) is 5.82. The zero-order chi connectivity index (χ0) is 12.5. The first kappa shape index (κ1) is 10.7. The van der Waals surface area contributed by atoms with Crippen LogP contribution in [-0.4, -0.2) is 28.9 Å². The van der Waals surface area contributed by atoms with Crippen molar-refractivity contribution in [1.29, 1.82) is 5.26 Å². The van der Waals surface area contributed by atoms with E-state index in [-0.39, 0.29) is 11.8 Å². The second-order valence-electron chi connectivity index (χ2n) is 4.43. The number of amides is 1. The van der Waals surface area contributed by atoms with Gasteiger partial charge in [0.25, 0.3) is 5.91 Å². The van der Waals surface area contributed by atoms with E-state index < -0.39 is 0 Å². The van der Waals surface area contributed by atoms with Gasteiger partial charge in [-0.1, -0.05) is 24.3 Å². The van der Waals surface area contributed by atoms with Crippen molar-refractivity contribution < 1.29 is 4.79 Å². The fourth-order valence-corrected chi connectivity index (χ4v) is 2.07. The van der Waals surface area contributed by atoms with Gasteiger partial charge in [-0.05, 0) is 12.1 Å². The summed E-state index contributed by atoms with van der Waals surface area (Å²) in [6, 6.07) is 13.5. The van der Waals surface area contributed by atoms with Gasteiger partial charge < -0.3 is 4.90 Å². The summed E-state index contributed by atoms with van der Waals surface area (Å²) in [5.74, 6) is -0.110. The smallest absolute Gasteiger partial charge is 0.272 e. The molecule has 0 saturated carbocycles. The molecule has 0 radical (unpaired) electrons. The van der Waals surface area contributed by atoms with Crippen molar-refractivity contribution in [2.75, 3.05) is 13.1 Å². The van der Waals surface area contributed by atoms with Crippen LogP contribution < -0.4 is 0 Å². The molecule has 1 fully saturated rings. The minimum Gasteiger partial charge on any atom is -0.335 e. The molecule has 2 aromatic rings. The lowest BCUT2D eigenvalue weighted by Gasteiger charge is -2.34. The van der Waals surface area contributed by atoms with Crippen LogP contribution in [-0.2, 0) is 0 Å². The van der Waals surface area contributed by atoms with Gasteiger partial charge in [-0.3, -0.25) is 4.79 Å². The van der Waals surface area contributed by atoms with E-state index in [1.165, 1.54) is 0 Å². The zero-order valence-electron chi connectivity index (χ0n) is 9.71. The maximum absolute atomic E-state index is 12.1. The van der Waals surface area contributed by atoms with Crippen LogP contribution in [0.2, 0.25) is 0 Å². The van der Waals surface area contributed by atoms with E-state index in [2.05, 4.69) is 11.1 Å². The van der Waals surface area contributed by atoms with Crippen LogP contribution in [0.5, 0.6) is 0 Å². The number of aromatic nitrogens is 1. The zero-order valence-corrected chi connectivity index (χ0v) is 9.71. The van der Waals surface area contributed by atoms with Gasteiger partial charge >= 0.3 is 0 Å². The molecule has 0 aliphatic carbocycles. The quantitative estimate of drug-likeness (QED) is 0.760. The Labute approximate surface area is 104 Å². The van der Waals surface area contributed by atoms with Crippen molar-refractivity contribution in [2.45, 2.75) is 0 Å². The summed E-state index contributed by atoms with van der Waals surface area (Å²) in [6.07, 6.45) is 0. The highest BCUT2D eigenvalue weighted by atomic mass is 16.2. The van der Waals surface area contributed by atoms with Crippen LogP contribution in [0.1, 0.15) is 10.5 Å². The van der Waals surface area contributed by atoms with E-state index in [9.17, 15) is 4.79 Å². The Hall–Kier alpha value is -2.41.